The first-order chi connectivity index (χ1) is 7.40. The molecule has 1 nitrogen and oxygen atoms in total. The number of hydrogen-bond acceptors (Lipinski definition) is 2. The summed E-state index contributed by atoms with van der Waals surface area (Å²) in [4.78, 5) is 0. The summed E-state index contributed by atoms with van der Waals surface area (Å²) < 4.78 is 0. The van der Waals surface area contributed by atoms with Crippen molar-refractivity contribution in [2.45, 2.75) is 24.8 Å². The van der Waals surface area contributed by atoms with Gasteiger partial charge in [-0.3, -0.25) is 0 Å². The van der Waals surface area contributed by atoms with Gasteiger partial charge in [0, 0.05) is 18.3 Å². The Balaban J connectivity index is 1.70. The minimum atomic E-state index is 0.766. The molecule has 2 rings (SSSR count). The highest BCUT2D eigenvalue weighted by molar-refractivity contribution is 7.98. The van der Waals surface area contributed by atoms with Crippen molar-refractivity contribution in [2.24, 2.45) is 0 Å². The van der Waals surface area contributed by atoms with Gasteiger partial charge in [-0.1, -0.05) is 30.3 Å². The van der Waals surface area contributed by atoms with E-state index in [1.165, 1.54) is 24.2 Å². The molecule has 0 saturated heterocycles. The molecule has 1 aliphatic rings. The number of hydrogen-bond donors (Lipinski definition) is 1. The molecule has 0 spiro atoms. The maximum absolute atomic E-state index is 3.60. The summed E-state index contributed by atoms with van der Waals surface area (Å²) in [5.41, 5.74) is 1.51. The molecule has 1 fully saturated rings. The Bertz CT molecular complexity index is 280. The maximum atomic E-state index is 3.60. The molecule has 0 heterocycles. The van der Waals surface area contributed by atoms with E-state index >= 15 is 0 Å². The van der Waals surface area contributed by atoms with Gasteiger partial charge in [-0.2, -0.15) is 11.8 Å². The molecule has 0 radical (unpaired) electrons. The highest BCUT2D eigenvalue weighted by atomic mass is 32.2. The minimum Gasteiger partial charge on any atom is -0.313 e. The van der Waals surface area contributed by atoms with Crippen LogP contribution in [-0.4, -0.2) is 24.6 Å². The van der Waals surface area contributed by atoms with Gasteiger partial charge in [0.25, 0.3) is 0 Å². The molecule has 0 bridgehead atoms. The second kappa shape index (κ2) is 5.57. The van der Waals surface area contributed by atoms with Gasteiger partial charge in [0.15, 0.2) is 0 Å². The van der Waals surface area contributed by atoms with Crippen LogP contribution in [0.1, 0.15) is 24.3 Å². The zero-order chi connectivity index (χ0) is 10.5. The third-order valence-corrected chi connectivity index (χ3v) is 3.76. The summed E-state index contributed by atoms with van der Waals surface area (Å²) in [7, 11) is 0. The topological polar surface area (TPSA) is 12.0 Å². The largest absolute Gasteiger partial charge is 0.313 e. The molecule has 15 heavy (non-hydrogen) atoms. The van der Waals surface area contributed by atoms with Crippen molar-refractivity contribution in [1.82, 2.24) is 5.32 Å². The van der Waals surface area contributed by atoms with Crippen molar-refractivity contribution in [3.8, 4) is 0 Å². The van der Waals surface area contributed by atoms with Crippen molar-refractivity contribution in [3.05, 3.63) is 35.9 Å². The standard InChI is InChI=1S/C13H19NS/c1-15-8-7-14-13-9-12(10-13)11-5-3-2-4-6-11/h2-6,12-14H,7-10H2,1H3. The second-order valence-electron chi connectivity index (χ2n) is 4.22. The van der Waals surface area contributed by atoms with Gasteiger partial charge < -0.3 is 5.32 Å². The van der Waals surface area contributed by atoms with E-state index in [1.807, 2.05) is 11.8 Å². The van der Waals surface area contributed by atoms with Crippen molar-refractivity contribution in [1.29, 1.82) is 0 Å². The number of rotatable bonds is 5. The van der Waals surface area contributed by atoms with Crippen molar-refractivity contribution < 1.29 is 0 Å². The molecule has 0 unspecified atom stereocenters. The molecular weight excluding hydrogens is 202 g/mol. The Labute approximate surface area is 96.7 Å². The minimum absolute atomic E-state index is 0.766. The Morgan fingerprint density at radius 2 is 2.00 bits per heavy atom. The summed E-state index contributed by atoms with van der Waals surface area (Å²) in [5, 5.41) is 3.60. The zero-order valence-electron chi connectivity index (χ0n) is 9.28. The normalized spacial score (nSPS) is 24.9. The monoisotopic (exact) mass is 221 g/mol. The van der Waals surface area contributed by atoms with Gasteiger partial charge in [-0.25, -0.2) is 0 Å². The molecule has 2 heteroatoms. The highest BCUT2D eigenvalue weighted by Crippen LogP contribution is 2.36. The van der Waals surface area contributed by atoms with Crippen LogP contribution in [0, 0.1) is 0 Å². The van der Waals surface area contributed by atoms with Crippen molar-refractivity contribution in [3.63, 3.8) is 0 Å². The molecule has 1 N–H and O–H groups in total. The maximum Gasteiger partial charge on any atom is 0.00790 e. The molecule has 1 aromatic carbocycles. The summed E-state index contributed by atoms with van der Waals surface area (Å²) in [5.74, 6) is 2.03. The lowest BCUT2D eigenvalue weighted by molar-refractivity contribution is 0.296. The van der Waals surface area contributed by atoms with Crippen molar-refractivity contribution in [2.75, 3.05) is 18.6 Å². The lowest BCUT2D eigenvalue weighted by Crippen LogP contribution is -2.41. The number of nitrogens with one attached hydrogen (secondary N) is 1. The number of benzene rings is 1. The Morgan fingerprint density at radius 1 is 1.27 bits per heavy atom. The first kappa shape index (κ1) is 11.0. The average Bonchev–Trinajstić information content (AvgIpc) is 2.23. The molecule has 1 saturated carbocycles. The van der Waals surface area contributed by atoms with Crippen LogP contribution < -0.4 is 5.32 Å². The van der Waals surface area contributed by atoms with Crippen LogP contribution in [-0.2, 0) is 0 Å². The van der Waals surface area contributed by atoms with E-state index in [2.05, 4.69) is 41.9 Å². The number of thioether (sulfide) groups is 1. The van der Waals surface area contributed by atoms with Gasteiger partial charge in [0.2, 0.25) is 0 Å². The molecule has 1 aliphatic carbocycles. The third-order valence-electron chi connectivity index (χ3n) is 3.15. The van der Waals surface area contributed by atoms with E-state index < -0.39 is 0 Å². The van der Waals surface area contributed by atoms with E-state index in [0.717, 1.165) is 18.5 Å². The average molecular weight is 221 g/mol. The summed E-state index contributed by atoms with van der Waals surface area (Å²) in [6, 6.07) is 11.7. The van der Waals surface area contributed by atoms with E-state index in [9.17, 15) is 0 Å². The smallest absolute Gasteiger partial charge is 0.00790 e. The van der Waals surface area contributed by atoms with Crippen LogP contribution in [0.2, 0.25) is 0 Å². The van der Waals surface area contributed by atoms with E-state index in [-0.39, 0.29) is 0 Å². The predicted molar refractivity (Wildman–Crippen MR) is 68.6 cm³/mol. The quantitative estimate of drug-likeness (QED) is 0.767. The van der Waals surface area contributed by atoms with Gasteiger partial charge in [-0.05, 0) is 30.6 Å². The summed E-state index contributed by atoms with van der Waals surface area (Å²) >= 11 is 1.91. The molecular formula is C13H19NS. The first-order valence-electron chi connectivity index (χ1n) is 5.67. The lowest BCUT2D eigenvalue weighted by Gasteiger charge is -2.36. The third kappa shape index (κ3) is 2.99. The zero-order valence-corrected chi connectivity index (χ0v) is 10.1. The first-order valence-corrected chi connectivity index (χ1v) is 7.07. The van der Waals surface area contributed by atoms with E-state index in [1.54, 1.807) is 0 Å². The Kier molecular flexibility index (Phi) is 4.09. The fourth-order valence-electron chi connectivity index (χ4n) is 2.15. The lowest BCUT2D eigenvalue weighted by atomic mass is 9.76. The van der Waals surface area contributed by atoms with Crippen LogP contribution >= 0.6 is 11.8 Å². The molecule has 82 valence electrons. The van der Waals surface area contributed by atoms with Gasteiger partial charge in [0.1, 0.15) is 0 Å². The predicted octanol–water partition coefficient (Wildman–Crippen LogP) is 2.89. The second-order valence-corrected chi connectivity index (χ2v) is 5.21. The van der Waals surface area contributed by atoms with E-state index in [4.69, 9.17) is 0 Å². The summed E-state index contributed by atoms with van der Waals surface area (Å²) in [6.07, 6.45) is 4.80. The van der Waals surface area contributed by atoms with Crippen LogP contribution in [0.25, 0.3) is 0 Å². The fourth-order valence-corrected chi connectivity index (χ4v) is 2.47. The Hall–Kier alpha value is -0.470. The van der Waals surface area contributed by atoms with Gasteiger partial charge >= 0.3 is 0 Å². The molecule has 0 aromatic heterocycles. The van der Waals surface area contributed by atoms with E-state index in [0.29, 0.717) is 0 Å². The molecule has 1 aromatic rings. The van der Waals surface area contributed by atoms with Crippen LogP contribution in [0.15, 0.2) is 30.3 Å². The highest BCUT2D eigenvalue weighted by Gasteiger charge is 2.29. The van der Waals surface area contributed by atoms with Gasteiger partial charge in [-0.15, -0.1) is 0 Å². The SMILES string of the molecule is CSCCNC1CC(c2ccccc2)C1. The Morgan fingerprint density at radius 3 is 2.67 bits per heavy atom. The van der Waals surface area contributed by atoms with Crippen LogP contribution in [0.5, 0.6) is 0 Å². The molecule has 0 aliphatic heterocycles. The van der Waals surface area contributed by atoms with Gasteiger partial charge in [0.05, 0.1) is 0 Å². The van der Waals surface area contributed by atoms with Crippen LogP contribution in [0.4, 0.5) is 0 Å². The fraction of sp³-hybridized carbons (Fsp3) is 0.538. The van der Waals surface area contributed by atoms with Crippen molar-refractivity contribution >= 4 is 11.8 Å². The van der Waals surface area contributed by atoms with Crippen LogP contribution in [0.3, 0.4) is 0 Å². The molecule has 0 amide bonds. The summed E-state index contributed by atoms with van der Waals surface area (Å²) in [6.45, 7) is 1.16. The molecule has 0 atom stereocenters.